The first-order valence-electron chi connectivity index (χ1n) is 9.00. The molecule has 0 bridgehead atoms. The molecule has 1 atom stereocenters. The van der Waals surface area contributed by atoms with Crippen LogP contribution in [-0.2, 0) is 15.1 Å². The molecule has 1 saturated carbocycles. The fraction of sp³-hybridized carbons (Fsp3) is 0.632. The van der Waals surface area contributed by atoms with Crippen LogP contribution >= 0.6 is 15.9 Å². The van der Waals surface area contributed by atoms with Gasteiger partial charge in [-0.3, -0.25) is 4.79 Å². The number of hydrogen-bond donors (Lipinski definition) is 2. The number of rotatable bonds is 3. The average Bonchev–Trinajstić information content (AvgIpc) is 3.30. The Bertz CT molecular complexity index is 604. The lowest BCUT2D eigenvalue weighted by molar-refractivity contribution is -0.126. The van der Waals surface area contributed by atoms with Crippen LogP contribution in [0.25, 0.3) is 0 Å². The highest BCUT2D eigenvalue weighted by molar-refractivity contribution is 9.10. The van der Waals surface area contributed by atoms with Crippen LogP contribution in [0.3, 0.4) is 0 Å². The summed E-state index contributed by atoms with van der Waals surface area (Å²) in [6.45, 7) is 3.51. The van der Waals surface area contributed by atoms with Gasteiger partial charge in [-0.1, -0.05) is 28.1 Å². The van der Waals surface area contributed by atoms with E-state index in [1.165, 1.54) is 5.56 Å². The van der Waals surface area contributed by atoms with Crippen LogP contribution in [0.15, 0.2) is 28.7 Å². The van der Waals surface area contributed by atoms with Crippen molar-refractivity contribution >= 4 is 21.8 Å². The third-order valence-electron chi connectivity index (χ3n) is 6.21. The smallest absolute Gasteiger partial charge is 0.224 e. The molecule has 5 heteroatoms. The third kappa shape index (κ3) is 3.02. The number of carbonyl (C=O) groups excluding carboxylic acids is 1. The molecule has 1 unspecified atom stereocenters. The second kappa shape index (κ2) is 6.43. The molecule has 2 aliphatic heterocycles. The third-order valence-corrected chi connectivity index (χ3v) is 6.74. The summed E-state index contributed by atoms with van der Waals surface area (Å²) >= 11 is 3.50. The van der Waals surface area contributed by atoms with Gasteiger partial charge in [0.25, 0.3) is 0 Å². The zero-order valence-corrected chi connectivity index (χ0v) is 15.5. The van der Waals surface area contributed by atoms with Crippen molar-refractivity contribution in [1.82, 2.24) is 10.6 Å². The lowest BCUT2D eigenvalue weighted by atomic mass is 9.82. The summed E-state index contributed by atoms with van der Waals surface area (Å²) < 4.78 is 6.63. The Morgan fingerprint density at radius 1 is 1.12 bits per heavy atom. The van der Waals surface area contributed by atoms with Crippen molar-refractivity contribution in [2.45, 2.75) is 37.6 Å². The first-order chi connectivity index (χ1) is 11.6. The number of benzene rings is 1. The molecule has 1 aliphatic carbocycles. The number of piperidine rings is 1. The highest BCUT2D eigenvalue weighted by Gasteiger charge is 2.58. The van der Waals surface area contributed by atoms with Crippen LogP contribution in [0, 0.1) is 11.3 Å². The van der Waals surface area contributed by atoms with Gasteiger partial charge in [-0.05, 0) is 68.3 Å². The maximum atomic E-state index is 13.0. The van der Waals surface area contributed by atoms with Crippen molar-refractivity contribution in [2.24, 2.45) is 11.3 Å². The van der Waals surface area contributed by atoms with Crippen molar-refractivity contribution in [3.63, 3.8) is 0 Å². The van der Waals surface area contributed by atoms with E-state index in [1.807, 2.05) is 0 Å². The molecule has 24 heavy (non-hydrogen) atoms. The van der Waals surface area contributed by atoms with E-state index in [-0.39, 0.29) is 22.8 Å². The minimum atomic E-state index is -0.271. The number of carbonyl (C=O) groups is 1. The van der Waals surface area contributed by atoms with Gasteiger partial charge in [-0.2, -0.15) is 0 Å². The second-order valence-electron chi connectivity index (χ2n) is 7.56. The molecular weight excluding hydrogens is 368 g/mol. The minimum absolute atomic E-state index is 0.203. The second-order valence-corrected chi connectivity index (χ2v) is 8.48. The summed E-state index contributed by atoms with van der Waals surface area (Å²) in [5.41, 5.74) is 1.20. The van der Waals surface area contributed by atoms with Gasteiger partial charge in [0.2, 0.25) is 5.91 Å². The van der Waals surface area contributed by atoms with E-state index in [4.69, 9.17) is 4.74 Å². The summed E-state index contributed by atoms with van der Waals surface area (Å²) in [6.07, 6.45) is 5.04. The van der Waals surface area contributed by atoms with Crippen molar-refractivity contribution in [3.05, 3.63) is 34.3 Å². The number of amides is 1. The summed E-state index contributed by atoms with van der Waals surface area (Å²) in [5.74, 6) is 0.455. The molecule has 1 aromatic rings. The van der Waals surface area contributed by atoms with Crippen molar-refractivity contribution in [3.8, 4) is 0 Å². The molecule has 130 valence electrons. The van der Waals surface area contributed by atoms with Crippen molar-refractivity contribution in [2.75, 3.05) is 26.3 Å². The molecule has 2 saturated heterocycles. The van der Waals surface area contributed by atoms with Gasteiger partial charge in [0.15, 0.2) is 0 Å². The molecule has 2 heterocycles. The molecule has 0 radical (unpaired) electrons. The Morgan fingerprint density at radius 3 is 2.46 bits per heavy atom. The molecule has 3 fully saturated rings. The van der Waals surface area contributed by atoms with E-state index in [2.05, 4.69) is 50.8 Å². The predicted molar refractivity (Wildman–Crippen MR) is 96.7 cm³/mol. The molecule has 4 rings (SSSR count). The van der Waals surface area contributed by atoms with Crippen molar-refractivity contribution < 1.29 is 9.53 Å². The first kappa shape index (κ1) is 16.6. The number of ether oxygens (including phenoxy) is 1. The standard InChI is InChI=1S/C19H25BrN2O2/c20-15-3-1-14(2-4-15)19(7-11-24-12-8-19)22-17(23)16-13-18(16)5-9-21-10-6-18/h1-4,16,21H,5-13H2,(H,22,23). The quantitative estimate of drug-likeness (QED) is 0.830. The lowest BCUT2D eigenvalue weighted by Gasteiger charge is -2.39. The van der Waals surface area contributed by atoms with E-state index >= 15 is 0 Å². The van der Waals surface area contributed by atoms with E-state index < -0.39 is 0 Å². The van der Waals surface area contributed by atoms with Gasteiger partial charge in [-0.25, -0.2) is 0 Å². The molecule has 2 N–H and O–H groups in total. The zero-order chi connectivity index (χ0) is 16.6. The summed E-state index contributed by atoms with van der Waals surface area (Å²) in [7, 11) is 0. The molecule has 4 nitrogen and oxygen atoms in total. The van der Waals surface area contributed by atoms with Gasteiger partial charge in [0.1, 0.15) is 0 Å². The van der Waals surface area contributed by atoms with Crippen LogP contribution < -0.4 is 10.6 Å². The van der Waals surface area contributed by atoms with Gasteiger partial charge in [-0.15, -0.1) is 0 Å². The highest BCUT2D eigenvalue weighted by Crippen LogP contribution is 2.58. The highest BCUT2D eigenvalue weighted by atomic mass is 79.9. The summed E-state index contributed by atoms with van der Waals surface area (Å²) in [5, 5.41) is 6.85. The fourth-order valence-electron chi connectivity index (χ4n) is 4.49. The monoisotopic (exact) mass is 392 g/mol. The van der Waals surface area contributed by atoms with Crippen LogP contribution in [0.1, 0.15) is 37.7 Å². The van der Waals surface area contributed by atoms with E-state index in [0.29, 0.717) is 13.2 Å². The lowest BCUT2D eigenvalue weighted by Crippen LogP contribution is -2.50. The van der Waals surface area contributed by atoms with Crippen LogP contribution in [0.4, 0.5) is 0 Å². The molecule has 0 aromatic heterocycles. The number of halogens is 1. The minimum Gasteiger partial charge on any atom is -0.381 e. The number of hydrogen-bond acceptors (Lipinski definition) is 3. The van der Waals surface area contributed by atoms with Gasteiger partial charge < -0.3 is 15.4 Å². The topological polar surface area (TPSA) is 50.4 Å². The van der Waals surface area contributed by atoms with E-state index in [0.717, 1.165) is 49.7 Å². The molecule has 1 amide bonds. The normalized spacial score (nSPS) is 27.6. The van der Waals surface area contributed by atoms with Crippen LogP contribution in [0.2, 0.25) is 0 Å². The van der Waals surface area contributed by atoms with Gasteiger partial charge >= 0.3 is 0 Å². The van der Waals surface area contributed by atoms with Crippen molar-refractivity contribution in [1.29, 1.82) is 0 Å². The van der Waals surface area contributed by atoms with Crippen LogP contribution in [-0.4, -0.2) is 32.2 Å². The Kier molecular flexibility index (Phi) is 4.43. The maximum Gasteiger partial charge on any atom is 0.224 e. The summed E-state index contributed by atoms with van der Waals surface area (Å²) in [6, 6.07) is 8.38. The molecule has 1 spiro atoms. The largest absolute Gasteiger partial charge is 0.381 e. The molecule has 3 aliphatic rings. The summed E-state index contributed by atoms with van der Waals surface area (Å²) in [4.78, 5) is 13.0. The molecule has 1 aromatic carbocycles. The van der Waals surface area contributed by atoms with Gasteiger partial charge in [0, 0.05) is 23.6 Å². The Balaban J connectivity index is 1.52. The average molecular weight is 393 g/mol. The fourth-order valence-corrected chi connectivity index (χ4v) is 4.76. The van der Waals surface area contributed by atoms with Crippen LogP contribution in [0.5, 0.6) is 0 Å². The Labute approximate surface area is 151 Å². The first-order valence-corrected chi connectivity index (χ1v) is 9.80. The van der Waals surface area contributed by atoms with E-state index in [1.54, 1.807) is 0 Å². The molecular formula is C19H25BrN2O2. The Morgan fingerprint density at radius 2 is 1.79 bits per heavy atom. The predicted octanol–water partition coefficient (Wildman–Crippen LogP) is 2.96. The maximum absolute atomic E-state index is 13.0. The zero-order valence-electron chi connectivity index (χ0n) is 13.9. The van der Waals surface area contributed by atoms with E-state index in [9.17, 15) is 4.79 Å². The SMILES string of the molecule is O=C(NC1(c2ccc(Br)cc2)CCOCC1)C1CC12CCNCC2. The Hall–Kier alpha value is -0.910. The van der Waals surface area contributed by atoms with Gasteiger partial charge in [0.05, 0.1) is 5.54 Å². The number of nitrogens with one attached hydrogen (secondary N) is 2.